The lowest BCUT2D eigenvalue weighted by molar-refractivity contribution is -0.137. The lowest BCUT2D eigenvalue weighted by atomic mass is 10.2. The number of anilines is 1. The fourth-order valence-corrected chi connectivity index (χ4v) is 2.42. The highest BCUT2D eigenvalue weighted by Gasteiger charge is 2.13. The van der Waals surface area contributed by atoms with E-state index in [4.69, 9.17) is 27.9 Å². The Kier molecular flexibility index (Phi) is 7.25. The molecule has 2 amide bonds. The predicted octanol–water partition coefficient (Wildman–Crippen LogP) is 3.61. The normalized spacial score (nSPS) is 10.4. The van der Waals surface area contributed by atoms with Crippen molar-refractivity contribution >= 4 is 40.7 Å². The monoisotopic (exact) mass is 380 g/mol. The van der Waals surface area contributed by atoms with Crippen LogP contribution in [0.5, 0.6) is 0 Å². The Morgan fingerprint density at radius 2 is 1.88 bits per heavy atom. The highest BCUT2D eigenvalue weighted by molar-refractivity contribution is 6.31. The van der Waals surface area contributed by atoms with Crippen molar-refractivity contribution in [2.24, 2.45) is 0 Å². The summed E-state index contributed by atoms with van der Waals surface area (Å²) in [5.41, 5.74) is 1.38. The number of benzene rings is 2. The minimum absolute atomic E-state index is 0.0825. The van der Waals surface area contributed by atoms with E-state index in [0.29, 0.717) is 15.7 Å². The molecule has 2 aromatic rings. The zero-order valence-corrected chi connectivity index (χ0v) is 15.2. The van der Waals surface area contributed by atoms with Gasteiger partial charge >= 0.3 is 0 Å². The molecule has 0 radical (unpaired) electrons. The van der Waals surface area contributed by atoms with Gasteiger partial charge in [0.1, 0.15) is 6.61 Å². The summed E-state index contributed by atoms with van der Waals surface area (Å²) in [5, 5.41) is 3.79. The molecule has 0 aromatic heterocycles. The molecule has 132 valence electrons. The molecule has 5 nitrogen and oxygen atoms in total. The number of rotatable bonds is 7. The molecule has 2 rings (SSSR count). The number of likely N-dealkylation sites (N-methyl/N-ethyl adjacent to an activating group) is 1. The number of carbonyl (C=O) groups excluding carboxylic acids is 2. The van der Waals surface area contributed by atoms with Gasteiger partial charge in [0.05, 0.1) is 13.2 Å². The average molecular weight is 381 g/mol. The van der Waals surface area contributed by atoms with Gasteiger partial charge in [0, 0.05) is 22.8 Å². The van der Waals surface area contributed by atoms with Gasteiger partial charge in [-0.1, -0.05) is 47.5 Å². The molecular formula is C18H18Cl2N2O3. The van der Waals surface area contributed by atoms with Gasteiger partial charge in [-0.15, -0.1) is 0 Å². The maximum absolute atomic E-state index is 12.0. The van der Waals surface area contributed by atoms with Crippen LogP contribution in [0.15, 0.2) is 48.5 Å². The summed E-state index contributed by atoms with van der Waals surface area (Å²) in [5.74, 6) is -0.613. The van der Waals surface area contributed by atoms with Gasteiger partial charge in [-0.3, -0.25) is 9.59 Å². The molecule has 0 aliphatic heterocycles. The molecule has 2 aromatic carbocycles. The predicted molar refractivity (Wildman–Crippen MR) is 98.8 cm³/mol. The van der Waals surface area contributed by atoms with Gasteiger partial charge < -0.3 is 15.0 Å². The third-order valence-electron chi connectivity index (χ3n) is 3.36. The molecule has 0 spiro atoms. The van der Waals surface area contributed by atoms with Crippen LogP contribution in [0.1, 0.15) is 5.56 Å². The van der Waals surface area contributed by atoms with Crippen LogP contribution >= 0.6 is 23.2 Å². The molecule has 0 saturated heterocycles. The number of nitrogens with zero attached hydrogens (tertiary/aromatic N) is 1. The number of ether oxygens (including phenoxy) is 1. The minimum atomic E-state index is -0.316. The molecule has 0 atom stereocenters. The van der Waals surface area contributed by atoms with E-state index in [1.807, 2.05) is 18.2 Å². The van der Waals surface area contributed by atoms with E-state index in [1.54, 1.807) is 37.4 Å². The first-order valence-corrected chi connectivity index (χ1v) is 8.32. The molecule has 0 bridgehead atoms. The molecule has 0 heterocycles. The second-order valence-corrected chi connectivity index (χ2v) is 6.24. The first kappa shape index (κ1) is 19.2. The Labute approximate surface area is 156 Å². The highest BCUT2D eigenvalue weighted by Crippen LogP contribution is 2.16. The van der Waals surface area contributed by atoms with Crippen LogP contribution in [-0.2, 0) is 20.9 Å². The lowest BCUT2D eigenvalue weighted by Crippen LogP contribution is -2.37. The summed E-state index contributed by atoms with van der Waals surface area (Å²) in [6.07, 6.45) is 0. The van der Waals surface area contributed by atoms with E-state index in [2.05, 4.69) is 5.32 Å². The van der Waals surface area contributed by atoms with Gasteiger partial charge in [0.2, 0.25) is 11.8 Å². The van der Waals surface area contributed by atoms with E-state index in [9.17, 15) is 9.59 Å². The standard InChI is InChI=1S/C18H18Cl2N2O3/c1-22(10-17(23)21-15-7-4-6-14(19)9-15)18(24)12-25-11-13-5-2-3-8-16(13)20/h2-9H,10-12H2,1H3,(H,21,23). The van der Waals surface area contributed by atoms with Gasteiger partial charge in [-0.25, -0.2) is 0 Å². The summed E-state index contributed by atoms with van der Waals surface area (Å²) in [6, 6.07) is 14.1. The van der Waals surface area contributed by atoms with E-state index in [0.717, 1.165) is 5.56 Å². The molecule has 0 aliphatic carbocycles. The maximum atomic E-state index is 12.0. The van der Waals surface area contributed by atoms with Gasteiger partial charge in [-0.05, 0) is 29.8 Å². The Morgan fingerprint density at radius 1 is 1.12 bits per heavy atom. The smallest absolute Gasteiger partial charge is 0.248 e. The van der Waals surface area contributed by atoms with Crippen molar-refractivity contribution in [1.29, 1.82) is 0 Å². The third kappa shape index (κ3) is 6.38. The van der Waals surface area contributed by atoms with Crippen LogP contribution in [-0.4, -0.2) is 36.9 Å². The molecule has 0 saturated carbocycles. The Balaban J connectivity index is 1.76. The Hall–Kier alpha value is -2.08. The zero-order chi connectivity index (χ0) is 18.2. The Bertz CT molecular complexity index is 753. The topological polar surface area (TPSA) is 58.6 Å². The highest BCUT2D eigenvalue weighted by atomic mass is 35.5. The van der Waals surface area contributed by atoms with Crippen LogP contribution in [0.4, 0.5) is 5.69 Å². The minimum Gasteiger partial charge on any atom is -0.367 e. The van der Waals surface area contributed by atoms with Crippen molar-refractivity contribution in [2.75, 3.05) is 25.5 Å². The zero-order valence-electron chi connectivity index (χ0n) is 13.7. The first-order valence-electron chi connectivity index (χ1n) is 7.56. The molecule has 25 heavy (non-hydrogen) atoms. The van der Waals surface area contributed by atoms with Crippen molar-refractivity contribution in [3.05, 3.63) is 64.1 Å². The van der Waals surface area contributed by atoms with Crippen molar-refractivity contribution in [1.82, 2.24) is 4.90 Å². The van der Waals surface area contributed by atoms with E-state index in [1.165, 1.54) is 4.90 Å². The SMILES string of the molecule is CN(CC(=O)Nc1cccc(Cl)c1)C(=O)COCc1ccccc1Cl. The summed E-state index contributed by atoms with van der Waals surface area (Å²) < 4.78 is 5.37. The number of hydrogen-bond acceptors (Lipinski definition) is 3. The quantitative estimate of drug-likeness (QED) is 0.797. The van der Waals surface area contributed by atoms with Crippen molar-refractivity contribution < 1.29 is 14.3 Å². The van der Waals surface area contributed by atoms with Crippen LogP contribution in [0.2, 0.25) is 10.0 Å². The van der Waals surface area contributed by atoms with Crippen LogP contribution < -0.4 is 5.32 Å². The van der Waals surface area contributed by atoms with Crippen molar-refractivity contribution in [3.8, 4) is 0 Å². The lowest BCUT2D eigenvalue weighted by Gasteiger charge is -2.17. The van der Waals surface area contributed by atoms with Crippen LogP contribution in [0.25, 0.3) is 0 Å². The van der Waals surface area contributed by atoms with Crippen molar-refractivity contribution in [3.63, 3.8) is 0 Å². The Morgan fingerprint density at radius 3 is 2.60 bits per heavy atom. The number of carbonyl (C=O) groups is 2. The molecule has 1 N–H and O–H groups in total. The van der Waals surface area contributed by atoms with E-state index >= 15 is 0 Å². The summed E-state index contributed by atoms with van der Waals surface area (Å²) in [6.45, 7) is 0.0148. The van der Waals surface area contributed by atoms with Gasteiger partial charge in [0.25, 0.3) is 0 Å². The molecule has 0 fully saturated rings. The molecule has 0 aliphatic rings. The third-order valence-corrected chi connectivity index (χ3v) is 3.96. The largest absolute Gasteiger partial charge is 0.367 e. The van der Waals surface area contributed by atoms with Crippen molar-refractivity contribution in [2.45, 2.75) is 6.61 Å². The number of halogens is 2. The second kappa shape index (κ2) is 9.42. The molecular weight excluding hydrogens is 363 g/mol. The number of nitrogens with one attached hydrogen (secondary N) is 1. The summed E-state index contributed by atoms with van der Waals surface area (Å²) >= 11 is 11.9. The fourth-order valence-electron chi connectivity index (χ4n) is 2.04. The van der Waals surface area contributed by atoms with E-state index < -0.39 is 0 Å². The second-order valence-electron chi connectivity index (χ2n) is 5.39. The molecule has 7 heteroatoms. The average Bonchev–Trinajstić information content (AvgIpc) is 2.56. The summed E-state index contributed by atoms with van der Waals surface area (Å²) in [7, 11) is 1.54. The number of hydrogen-bond donors (Lipinski definition) is 1. The molecule has 0 unspecified atom stereocenters. The maximum Gasteiger partial charge on any atom is 0.248 e. The number of amides is 2. The van der Waals surface area contributed by atoms with Crippen LogP contribution in [0.3, 0.4) is 0 Å². The van der Waals surface area contributed by atoms with Crippen LogP contribution in [0, 0.1) is 0 Å². The van der Waals surface area contributed by atoms with Gasteiger partial charge in [-0.2, -0.15) is 0 Å². The van der Waals surface area contributed by atoms with Gasteiger partial charge in [0.15, 0.2) is 0 Å². The first-order chi connectivity index (χ1) is 12.0. The summed E-state index contributed by atoms with van der Waals surface area (Å²) in [4.78, 5) is 25.3. The van der Waals surface area contributed by atoms with E-state index in [-0.39, 0.29) is 31.6 Å². The fraction of sp³-hybridized carbons (Fsp3) is 0.222.